The maximum absolute atomic E-state index is 12.2. The summed E-state index contributed by atoms with van der Waals surface area (Å²) in [5.74, 6) is -0.899. The summed E-state index contributed by atoms with van der Waals surface area (Å²) in [6, 6.07) is -0.389. The van der Waals surface area contributed by atoms with Crippen molar-refractivity contribution in [2.75, 3.05) is 33.2 Å². The van der Waals surface area contributed by atoms with Crippen LogP contribution in [-0.2, 0) is 9.59 Å². The molecule has 0 aromatic heterocycles. The van der Waals surface area contributed by atoms with Crippen molar-refractivity contribution in [2.45, 2.75) is 19.8 Å². The van der Waals surface area contributed by atoms with Gasteiger partial charge >= 0.3 is 12.0 Å². The van der Waals surface area contributed by atoms with Crippen LogP contribution in [0.5, 0.6) is 0 Å². The molecule has 7 heteroatoms. The molecule has 3 amide bonds. The lowest BCUT2D eigenvalue weighted by molar-refractivity contribution is -0.137. The van der Waals surface area contributed by atoms with Crippen molar-refractivity contribution in [3.8, 4) is 0 Å². The first kappa shape index (κ1) is 15.3. The molecule has 0 heterocycles. The molecule has 1 fully saturated rings. The highest BCUT2D eigenvalue weighted by Gasteiger charge is 2.30. The number of amides is 3. The van der Waals surface area contributed by atoms with E-state index in [0.29, 0.717) is 19.0 Å². The van der Waals surface area contributed by atoms with Gasteiger partial charge in [0.2, 0.25) is 5.91 Å². The second-order valence-electron chi connectivity index (χ2n) is 4.69. The molecule has 1 rings (SSSR count). The minimum atomic E-state index is -1.04. The third kappa shape index (κ3) is 5.15. The van der Waals surface area contributed by atoms with E-state index in [1.165, 1.54) is 16.8 Å². The van der Waals surface area contributed by atoms with Gasteiger partial charge in [0, 0.05) is 20.1 Å². The fourth-order valence-electron chi connectivity index (χ4n) is 1.75. The molecule has 2 N–H and O–H groups in total. The number of nitrogens with zero attached hydrogens (tertiary/aromatic N) is 2. The maximum atomic E-state index is 12.2. The zero-order chi connectivity index (χ0) is 14.4. The molecule has 19 heavy (non-hydrogen) atoms. The van der Waals surface area contributed by atoms with Crippen LogP contribution < -0.4 is 5.32 Å². The van der Waals surface area contributed by atoms with Gasteiger partial charge in [-0.05, 0) is 25.7 Å². The van der Waals surface area contributed by atoms with Crippen LogP contribution in [0.15, 0.2) is 0 Å². The molecule has 1 saturated carbocycles. The van der Waals surface area contributed by atoms with Crippen molar-refractivity contribution in [1.29, 1.82) is 0 Å². The molecule has 108 valence electrons. The van der Waals surface area contributed by atoms with Crippen LogP contribution in [0.3, 0.4) is 0 Å². The van der Waals surface area contributed by atoms with Crippen molar-refractivity contribution in [3.05, 3.63) is 0 Å². The number of carbonyl (C=O) groups excluding carboxylic acids is 2. The number of rotatable bonds is 7. The lowest BCUT2D eigenvalue weighted by Crippen LogP contribution is -2.49. The first-order valence-corrected chi connectivity index (χ1v) is 6.44. The van der Waals surface area contributed by atoms with Crippen molar-refractivity contribution >= 4 is 17.9 Å². The summed E-state index contributed by atoms with van der Waals surface area (Å²) in [7, 11) is 1.50. The third-order valence-corrected chi connectivity index (χ3v) is 3.04. The first-order chi connectivity index (χ1) is 8.97. The summed E-state index contributed by atoms with van der Waals surface area (Å²) >= 11 is 0. The average molecular weight is 271 g/mol. The summed E-state index contributed by atoms with van der Waals surface area (Å²) < 4.78 is 0. The van der Waals surface area contributed by atoms with E-state index < -0.39 is 5.97 Å². The predicted octanol–water partition coefficient (Wildman–Crippen LogP) is -0.0291. The predicted molar refractivity (Wildman–Crippen MR) is 68.6 cm³/mol. The van der Waals surface area contributed by atoms with Crippen LogP contribution in [0.2, 0.25) is 0 Å². The lowest BCUT2D eigenvalue weighted by atomic mass is 10.3. The molecule has 0 aromatic carbocycles. The molecule has 0 spiro atoms. The fraction of sp³-hybridized carbons (Fsp3) is 0.750. The van der Waals surface area contributed by atoms with Gasteiger partial charge < -0.3 is 20.2 Å². The molecular weight excluding hydrogens is 250 g/mol. The number of aliphatic carboxylic acids is 1. The minimum Gasteiger partial charge on any atom is -0.480 e. The average Bonchev–Trinajstić information content (AvgIpc) is 3.17. The molecule has 7 nitrogen and oxygen atoms in total. The molecule has 1 aliphatic rings. The Bertz CT molecular complexity index is 355. The van der Waals surface area contributed by atoms with Crippen LogP contribution in [0, 0.1) is 5.92 Å². The highest BCUT2D eigenvalue weighted by Crippen LogP contribution is 2.29. The van der Waals surface area contributed by atoms with Crippen LogP contribution in [0.1, 0.15) is 19.8 Å². The lowest BCUT2D eigenvalue weighted by Gasteiger charge is -2.28. The molecule has 0 atom stereocenters. The highest BCUT2D eigenvalue weighted by molar-refractivity contribution is 5.85. The van der Waals surface area contributed by atoms with E-state index in [1.54, 1.807) is 6.92 Å². The number of carboxylic acid groups (broad SMARTS) is 1. The molecule has 0 saturated heterocycles. The van der Waals surface area contributed by atoms with Gasteiger partial charge in [-0.1, -0.05) is 0 Å². The molecule has 0 aliphatic heterocycles. The molecule has 0 radical (unpaired) electrons. The smallest absolute Gasteiger partial charge is 0.323 e. The summed E-state index contributed by atoms with van der Waals surface area (Å²) in [6.45, 7) is 2.21. The molecule has 1 aliphatic carbocycles. The Morgan fingerprint density at radius 3 is 2.26 bits per heavy atom. The summed E-state index contributed by atoms with van der Waals surface area (Å²) in [5, 5.41) is 11.3. The number of likely N-dealkylation sites (N-methyl/N-ethyl adjacent to an activating group) is 2. The van der Waals surface area contributed by atoms with Gasteiger partial charge in [-0.2, -0.15) is 0 Å². The highest BCUT2D eigenvalue weighted by atomic mass is 16.4. The van der Waals surface area contributed by atoms with Gasteiger partial charge in [-0.15, -0.1) is 0 Å². The Hall–Kier alpha value is -1.79. The maximum Gasteiger partial charge on any atom is 0.323 e. The van der Waals surface area contributed by atoms with Gasteiger partial charge in [0.15, 0.2) is 0 Å². The second-order valence-corrected chi connectivity index (χ2v) is 4.69. The van der Waals surface area contributed by atoms with E-state index in [0.717, 1.165) is 12.8 Å². The van der Waals surface area contributed by atoms with Gasteiger partial charge in [-0.3, -0.25) is 9.59 Å². The second kappa shape index (κ2) is 6.96. The van der Waals surface area contributed by atoms with Crippen LogP contribution in [-0.4, -0.2) is 66.0 Å². The minimum absolute atomic E-state index is 0.0490. The molecule has 0 aromatic rings. The number of carboxylic acids is 1. The normalized spacial score (nSPS) is 13.8. The Morgan fingerprint density at radius 2 is 1.84 bits per heavy atom. The Balaban J connectivity index is 2.64. The van der Waals surface area contributed by atoms with Gasteiger partial charge in [0.25, 0.3) is 0 Å². The zero-order valence-corrected chi connectivity index (χ0v) is 11.4. The third-order valence-electron chi connectivity index (χ3n) is 3.04. The fourth-order valence-corrected chi connectivity index (χ4v) is 1.75. The quantitative estimate of drug-likeness (QED) is 0.680. The molecular formula is C12H21N3O4. The van der Waals surface area contributed by atoms with E-state index in [2.05, 4.69) is 5.32 Å². The SMILES string of the molecule is CCN(CC(=O)NC)C(=O)N(CC(=O)O)CC1CC1. The number of urea groups is 1. The van der Waals surface area contributed by atoms with Crippen LogP contribution in [0.25, 0.3) is 0 Å². The Labute approximate surface area is 112 Å². The van der Waals surface area contributed by atoms with E-state index in [9.17, 15) is 14.4 Å². The largest absolute Gasteiger partial charge is 0.480 e. The molecule has 0 bridgehead atoms. The Kier molecular flexibility index (Phi) is 5.59. The topological polar surface area (TPSA) is 90.0 Å². The van der Waals surface area contributed by atoms with E-state index in [4.69, 9.17) is 5.11 Å². The summed E-state index contributed by atoms with van der Waals surface area (Å²) in [6.07, 6.45) is 2.07. The van der Waals surface area contributed by atoms with Gasteiger partial charge in [-0.25, -0.2) is 4.79 Å². The molecule has 0 unspecified atom stereocenters. The van der Waals surface area contributed by atoms with Gasteiger partial charge in [0.1, 0.15) is 13.1 Å². The standard InChI is InChI=1S/C12H21N3O4/c1-3-14(7-10(16)13-2)12(19)15(8-11(17)18)6-9-4-5-9/h9H,3-8H2,1-2H3,(H,13,16)(H,17,18). The number of nitrogens with one attached hydrogen (secondary N) is 1. The van der Waals surface area contributed by atoms with E-state index >= 15 is 0 Å². The zero-order valence-electron chi connectivity index (χ0n) is 11.4. The summed E-state index contributed by atoms with van der Waals surface area (Å²) in [4.78, 5) is 37.0. The van der Waals surface area contributed by atoms with Crippen molar-refractivity contribution in [3.63, 3.8) is 0 Å². The van der Waals surface area contributed by atoms with Crippen molar-refractivity contribution in [1.82, 2.24) is 15.1 Å². The van der Waals surface area contributed by atoms with Crippen LogP contribution >= 0.6 is 0 Å². The van der Waals surface area contributed by atoms with Crippen LogP contribution in [0.4, 0.5) is 4.79 Å². The summed E-state index contributed by atoms with van der Waals surface area (Å²) in [5.41, 5.74) is 0. The first-order valence-electron chi connectivity index (χ1n) is 6.44. The Morgan fingerprint density at radius 1 is 1.21 bits per heavy atom. The number of carbonyl (C=O) groups is 3. The van der Waals surface area contributed by atoms with Gasteiger partial charge in [0.05, 0.1) is 0 Å². The van der Waals surface area contributed by atoms with E-state index in [1.807, 2.05) is 0 Å². The monoisotopic (exact) mass is 271 g/mol. The van der Waals surface area contributed by atoms with Crippen molar-refractivity contribution < 1.29 is 19.5 Å². The number of hydrogen-bond acceptors (Lipinski definition) is 3. The van der Waals surface area contributed by atoms with Crippen molar-refractivity contribution in [2.24, 2.45) is 5.92 Å². The number of hydrogen-bond donors (Lipinski definition) is 2. The van der Waals surface area contributed by atoms with E-state index in [-0.39, 0.29) is 25.0 Å².